The van der Waals surface area contributed by atoms with Gasteiger partial charge in [-0.2, -0.15) is 0 Å². The smallest absolute Gasteiger partial charge is 0.268 e. The zero-order valence-electron chi connectivity index (χ0n) is 10.9. The van der Waals surface area contributed by atoms with Gasteiger partial charge in [-0.3, -0.25) is 4.79 Å². The van der Waals surface area contributed by atoms with Gasteiger partial charge in [-0.25, -0.2) is 0 Å². The summed E-state index contributed by atoms with van der Waals surface area (Å²) in [6.07, 6.45) is 7.66. The van der Waals surface area contributed by atoms with E-state index in [0.717, 1.165) is 38.5 Å². The number of hydrogen-bond acceptors (Lipinski definition) is 2. The summed E-state index contributed by atoms with van der Waals surface area (Å²) in [5.74, 6) is -0.140. The van der Waals surface area contributed by atoms with Crippen LogP contribution in [0.3, 0.4) is 0 Å². The summed E-state index contributed by atoms with van der Waals surface area (Å²) in [6.45, 7) is 0.333. The Hall–Kier alpha value is -1.00. The fraction of sp³-hybridized carbons (Fsp3) is 0.643. The van der Waals surface area contributed by atoms with Gasteiger partial charge in [-0.15, -0.1) is 0 Å². The van der Waals surface area contributed by atoms with Crippen LogP contribution >= 0.6 is 11.6 Å². The third kappa shape index (κ3) is 2.79. The number of aliphatic hydroxyl groups is 1. The molecule has 2 fully saturated rings. The van der Waals surface area contributed by atoms with Gasteiger partial charge in [-0.1, -0.05) is 24.4 Å². The highest BCUT2D eigenvalue weighted by Crippen LogP contribution is 2.37. The molecule has 0 saturated heterocycles. The lowest BCUT2D eigenvalue weighted by Gasteiger charge is -2.22. The van der Waals surface area contributed by atoms with Crippen molar-refractivity contribution in [3.05, 3.63) is 23.0 Å². The molecule has 2 N–H and O–H groups in total. The van der Waals surface area contributed by atoms with E-state index in [4.69, 9.17) is 11.6 Å². The van der Waals surface area contributed by atoms with Crippen LogP contribution in [0.1, 0.15) is 55.1 Å². The molecule has 0 radical (unpaired) electrons. The lowest BCUT2D eigenvalue weighted by atomic mass is 10.0. The molecule has 5 heteroatoms. The molecule has 1 amide bonds. The summed E-state index contributed by atoms with van der Waals surface area (Å²) in [5.41, 5.74) is -0.106. The number of hydrogen-bond donors (Lipinski definition) is 2. The van der Waals surface area contributed by atoms with Gasteiger partial charge in [0.15, 0.2) is 0 Å². The third-order valence-corrected chi connectivity index (χ3v) is 4.31. The minimum atomic E-state index is -0.712. The molecule has 0 atom stereocenters. The molecular formula is C14H19ClN2O2. The number of nitrogens with zero attached hydrogens (tertiary/aromatic N) is 1. The van der Waals surface area contributed by atoms with Gasteiger partial charge in [0.1, 0.15) is 5.69 Å². The number of amides is 1. The lowest BCUT2D eigenvalue weighted by molar-refractivity contribution is 0.0447. The van der Waals surface area contributed by atoms with Gasteiger partial charge >= 0.3 is 0 Å². The second kappa shape index (κ2) is 4.84. The number of rotatable bonds is 4. The predicted molar refractivity (Wildman–Crippen MR) is 73.5 cm³/mol. The van der Waals surface area contributed by atoms with E-state index in [2.05, 4.69) is 5.32 Å². The molecule has 1 heterocycles. The highest BCUT2D eigenvalue weighted by molar-refractivity contribution is 6.31. The Morgan fingerprint density at radius 2 is 2.16 bits per heavy atom. The number of carbonyl (C=O) groups is 1. The Balaban J connectivity index is 1.66. The fourth-order valence-electron chi connectivity index (χ4n) is 2.83. The highest BCUT2D eigenvalue weighted by Gasteiger charge is 2.32. The first kappa shape index (κ1) is 13.0. The molecule has 0 aliphatic heterocycles. The van der Waals surface area contributed by atoms with Crippen molar-refractivity contribution in [1.29, 1.82) is 0 Å². The predicted octanol–water partition coefficient (Wildman–Crippen LogP) is 2.51. The van der Waals surface area contributed by atoms with E-state index in [1.807, 2.05) is 10.8 Å². The van der Waals surface area contributed by atoms with Crippen LogP contribution in [0, 0.1) is 0 Å². The molecule has 2 aliphatic rings. The van der Waals surface area contributed by atoms with E-state index in [9.17, 15) is 9.90 Å². The first-order valence-corrected chi connectivity index (χ1v) is 7.33. The summed E-state index contributed by atoms with van der Waals surface area (Å²) in [4.78, 5) is 12.2. The van der Waals surface area contributed by atoms with Crippen molar-refractivity contribution in [2.45, 2.75) is 50.2 Å². The Bertz CT molecular complexity index is 488. The van der Waals surface area contributed by atoms with Crippen LogP contribution in [0.25, 0.3) is 0 Å². The molecule has 0 aromatic carbocycles. The maximum absolute atomic E-state index is 12.2. The molecule has 0 spiro atoms. The first-order valence-electron chi connectivity index (χ1n) is 6.95. The number of halogens is 1. The molecule has 1 aromatic rings. The summed E-state index contributed by atoms with van der Waals surface area (Å²) < 4.78 is 1.95. The van der Waals surface area contributed by atoms with Crippen molar-refractivity contribution in [2.75, 3.05) is 6.54 Å². The number of carbonyl (C=O) groups excluding carboxylic acids is 1. The minimum absolute atomic E-state index is 0.140. The van der Waals surface area contributed by atoms with Gasteiger partial charge in [0.2, 0.25) is 0 Å². The van der Waals surface area contributed by atoms with Gasteiger partial charge < -0.3 is 15.0 Å². The Morgan fingerprint density at radius 1 is 1.47 bits per heavy atom. The molecule has 4 nitrogen and oxygen atoms in total. The molecule has 104 valence electrons. The second-order valence-corrected chi connectivity index (χ2v) is 6.23. The number of aromatic nitrogens is 1. The molecule has 2 saturated carbocycles. The van der Waals surface area contributed by atoms with E-state index in [1.54, 1.807) is 6.07 Å². The second-order valence-electron chi connectivity index (χ2n) is 5.80. The van der Waals surface area contributed by atoms with E-state index < -0.39 is 5.60 Å². The molecule has 3 rings (SSSR count). The van der Waals surface area contributed by atoms with Crippen LogP contribution < -0.4 is 5.32 Å². The zero-order chi connectivity index (χ0) is 13.5. The van der Waals surface area contributed by atoms with Crippen molar-refractivity contribution in [2.24, 2.45) is 0 Å². The van der Waals surface area contributed by atoms with Crippen molar-refractivity contribution in [3.8, 4) is 0 Å². The summed E-state index contributed by atoms with van der Waals surface area (Å²) in [7, 11) is 0. The minimum Gasteiger partial charge on any atom is -0.388 e. The average molecular weight is 283 g/mol. The van der Waals surface area contributed by atoms with Crippen molar-refractivity contribution >= 4 is 17.5 Å². The fourth-order valence-corrected chi connectivity index (χ4v) is 3.04. The van der Waals surface area contributed by atoms with Gasteiger partial charge in [0.05, 0.1) is 10.6 Å². The topological polar surface area (TPSA) is 54.3 Å². The molecule has 0 unspecified atom stereocenters. The van der Waals surface area contributed by atoms with Crippen LogP contribution in [0.5, 0.6) is 0 Å². The van der Waals surface area contributed by atoms with Gasteiger partial charge in [0, 0.05) is 18.8 Å². The monoisotopic (exact) mass is 282 g/mol. The highest BCUT2D eigenvalue weighted by atomic mass is 35.5. The van der Waals surface area contributed by atoms with Crippen LogP contribution in [0.4, 0.5) is 0 Å². The number of nitrogens with one attached hydrogen (secondary N) is 1. The molecule has 19 heavy (non-hydrogen) atoms. The van der Waals surface area contributed by atoms with Crippen molar-refractivity contribution in [1.82, 2.24) is 9.88 Å². The summed E-state index contributed by atoms with van der Waals surface area (Å²) >= 11 is 5.99. The largest absolute Gasteiger partial charge is 0.388 e. The van der Waals surface area contributed by atoms with Gasteiger partial charge in [-0.05, 0) is 31.7 Å². The Morgan fingerprint density at radius 3 is 2.79 bits per heavy atom. The average Bonchev–Trinajstić information content (AvgIpc) is 3.02. The normalized spacial score (nSPS) is 21.6. The summed E-state index contributed by atoms with van der Waals surface area (Å²) in [5, 5.41) is 13.7. The zero-order valence-corrected chi connectivity index (χ0v) is 11.6. The van der Waals surface area contributed by atoms with Crippen molar-refractivity contribution in [3.63, 3.8) is 0 Å². The van der Waals surface area contributed by atoms with Crippen molar-refractivity contribution < 1.29 is 9.90 Å². The quantitative estimate of drug-likeness (QED) is 0.891. The maximum atomic E-state index is 12.2. The molecule has 1 aromatic heterocycles. The van der Waals surface area contributed by atoms with Crippen LogP contribution in [0.2, 0.25) is 5.02 Å². The van der Waals surface area contributed by atoms with E-state index in [0.29, 0.717) is 23.3 Å². The molecule has 2 aliphatic carbocycles. The van der Waals surface area contributed by atoms with Gasteiger partial charge in [0.25, 0.3) is 5.91 Å². The van der Waals surface area contributed by atoms with E-state index in [1.165, 1.54) is 0 Å². The van der Waals surface area contributed by atoms with E-state index >= 15 is 0 Å². The van der Waals surface area contributed by atoms with E-state index in [-0.39, 0.29) is 5.91 Å². The maximum Gasteiger partial charge on any atom is 0.268 e. The third-order valence-electron chi connectivity index (χ3n) is 4.10. The van der Waals surface area contributed by atoms with Crippen LogP contribution in [-0.2, 0) is 0 Å². The Labute approximate surface area is 117 Å². The lowest BCUT2D eigenvalue weighted by Crippen LogP contribution is -2.41. The molecule has 0 bridgehead atoms. The Kier molecular flexibility index (Phi) is 3.31. The molecular weight excluding hydrogens is 264 g/mol. The summed E-state index contributed by atoms with van der Waals surface area (Å²) in [6, 6.07) is 2.12. The SMILES string of the molecule is O=C(NCC1(O)CCCC1)c1cc(Cl)cn1C1CC1. The van der Waals surface area contributed by atoms with Crippen LogP contribution in [-0.4, -0.2) is 27.7 Å². The standard InChI is InChI=1S/C14H19ClN2O2/c15-10-7-12(17(8-10)11-3-4-11)13(18)16-9-14(19)5-1-2-6-14/h7-8,11,19H,1-6,9H2,(H,16,18). The van der Waals surface area contributed by atoms with Crippen LogP contribution in [0.15, 0.2) is 12.3 Å². The first-order chi connectivity index (χ1) is 9.07.